The predicted molar refractivity (Wildman–Crippen MR) is 151 cm³/mol. The quantitative estimate of drug-likeness (QED) is 0.280. The standard InChI is InChI=1S/C31H36N4O3/c1-5-35-25-14-10-9-13-22(25)17-26(35)30(36)34-31-32-19-23(16-21-11-7-6-8-12-21)29(33-31)24-18-27(37-3)20(2)15-28(24)38-4/h9-10,13-15,17-19,21H,5-8,11-12,16H2,1-4H3,(H,32,33,34,36). The fraction of sp³-hybridized carbons (Fsp3) is 0.387. The van der Waals surface area contributed by atoms with Gasteiger partial charge in [0, 0.05) is 29.2 Å². The van der Waals surface area contributed by atoms with E-state index in [2.05, 4.69) is 10.3 Å². The van der Waals surface area contributed by atoms with Crippen LogP contribution in [0.15, 0.2) is 48.7 Å². The number of aryl methyl sites for hydroxylation is 2. The topological polar surface area (TPSA) is 78.3 Å². The zero-order valence-electron chi connectivity index (χ0n) is 22.7. The lowest BCUT2D eigenvalue weighted by molar-refractivity contribution is 0.101. The van der Waals surface area contributed by atoms with Crippen molar-refractivity contribution in [3.8, 4) is 22.8 Å². The Kier molecular flexibility index (Phi) is 7.63. The Morgan fingerprint density at radius 3 is 2.55 bits per heavy atom. The van der Waals surface area contributed by atoms with Crippen molar-refractivity contribution < 1.29 is 14.3 Å². The lowest BCUT2D eigenvalue weighted by atomic mass is 9.84. The first-order valence-corrected chi connectivity index (χ1v) is 13.5. The number of anilines is 1. The van der Waals surface area contributed by atoms with Gasteiger partial charge in [-0.25, -0.2) is 9.97 Å². The van der Waals surface area contributed by atoms with Gasteiger partial charge in [-0.2, -0.15) is 0 Å². The highest BCUT2D eigenvalue weighted by molar-refractivity contribution is 6.05. The van der Waals surface area contributed by atoms with E-state index in [9.17, 15) is 4.79 Å². The van der Waals surface area contributed by atoms with Crippen LogP contribution in [0, 0.1) is 12.8 Å². The summed E-state index contributed by atoms with van der Waals surface area (Å²) in [6, 6.07) is 13.9. The molecule has 7 heteroatoms. The maximum Gasteiger partial charge on any atom is 0.274 e. The zero-order chi connectivity index (χ0) is 26.6. The fourth-order valence-electron chi connectivity index (χ4n) is 5.69. The monoisotopic (exact) mass is 512 g/mol. The van der Waals surface area contributed by atoms with Crippen LogP contribution in [0.5, 0.6) is 11.5 Å². The molecule has 0 saturated heterocycles. The summed E-state index contributed by atoms with van der Waals surface area (Å²) < 4.78 is 13.4. The molecule has 0 aliphatic heterocycles. The zero-order valence-corrected chi connectivity index (χ0v) is 22.7. The molecule has 0 unspecified atom stereocenters. The van der Waals surface area contributed by atoms with Crippen molar-refractivity contribution in [2.75, 3.05) is 19.5 Å². The van der Waals surface area contributed by atoms with Crippen LogP contribution in [0.25, 0.3) is 22.2 Å². The van der Waals surface area contributed by atoms with E-state index in [0.29, 0.717) is 18.2 Å². The van der Waals surface area contributed by atoms with Gasteiger partial charge in [0.1, 0.15) is 17.2 Å². The maximum atomic E-state index is 13.4. The van der Waals surface area contributed by atoms with E-state index in [1.165, 1.54) is 32.1 Å². The van der Waals surface area contributed by atoms with Gasteiger partial charge < -0.3 is 14.0 Å². The summed E-state index contributed by atoms with van der Waals surface area (Å²) >= 11 is 0. The summed E-state index contributed by atoms with van der Waals surface area (Å²) in [5.41, 5.74) is 5.26. The summed E-state index contributed by atoms with van der Waals surface area (Å²) in [5.74, 6) is 2.12. The number of nitrogens with zero attached hydrogens (tertiary/aromatic N) is 3. The van der Waals surface area contributed by atoms with Gasteiger partial charge in [-0.15, -0.1) is 0 Å². The first-order valence-electron chi connectivity index (χ1n) is 13.5. The minimum Gasteiger partial charge on any atom is -0.496 e. The Morgan fingerprint density at radius 2 is 1.82 bits per heavy atom. The number of amides is 1. The second kappa shape index (κ2) is 11.3. The normalized spacial score (nSPS) is 14.0. The molecule has 1 fully saturated rings. The Morgan fingerprint density at radius 1 is 1.05 bits per heavy atom. The molecule has 0 bridgehead atoms. The lowest BCUT2D eigenvalue weighted by Crippen LogP contribution is -2.19. The smallest absolute Gasteiger partial charge is 0.274 e. The number of hydrogen-bond acceptors (Lipinski definition) is 5. The van der Waals surface area contributed by atoms with Crippen molar-refractivity contribution in [2.45, 2.75) is 58.9 Å². The molecule has 1 aliphatic carbocycles. The number of benzene rings is 2. The number of para-hydroxylation sites is 1. The minimum absolute atomic E-state index is 0.234. The van der Waals surface area contributed by atoms with Crippen molar-refractivity contribution in [2.24, 2.45) is 5.92 Å². The molecule has 0 spiro atoms. The molecule has 198 valence electrons. The molecule has 4 aromatic rings. The second-order valence-corrected chi connectivity index (χ2v) is 10.1. The van der Waals surface area contributed by atoms with E-state index in [-0.39, 0.29) is 11.9 Å². The first kappa shape index (κ1) is 25.8. The number of ether oxygens (including phenoxy) is 2. The summed E-state index contributed by atoms with van der Waals surface area (Å²) in [6.07, 6.45) is 9.04. The Hall–Kier alpha value is -3.87. The van der Waals surface area contributed by atoms with Crippen LogP contribution in [0.3, 0.4) is 0 Å². The SMILES string of the molecule is CCn1c(C(=O)Nc2ncc(CC3CCCCC3)c(-c3cc(OC)c(C)cc3OC)n2)cc2ccccc21. The van der Waals surface area contributed by atoms with E-state index in [0.717, 1.165) is 51.2 Å². The van der Waals surface area contributed by atoms with Gasteiger partial charge in [-0.3, -0.25) is 10.1 Å². The molecular weight excluding hydrogens is 476 g/mol. The highest BCUT2D eigenvalue weighted by Crippen LogP contribution is 2.38. The van der Waals surface area contributed by atoms with Gasteiger partial charge in [0.05, 0.1) is 19.9 Å². The molecule has 1 aliphatic rings. The molecule has 5 rings (SSSR count). The molecular formula is C31H36N4O3. The minimum atomic E-state index is -0.234. The van der Waals surface area contributed by atoms with Gasteiger partial charge >= 0.3 is 0 Å². The van der Waals surface area contributed by atoms with Crippen LogP contribution in [0.2, 0.25) is 0 Å². The molecule has 0 atom stereocenters. The molecule has 1 N–H and O–H groups in total. The molecule has 2 heterocycles. The summed E-state index contributed by atoms with van der Waals surface area (Å²) in [4.78, 5) is 22.9. The first-order chi connectivity index (χ1) is 18.5. The molecule has 2 aromatic carbocycles. The maximum absolute atomic E-state index is 13.4. The van der Waals surface area contributed by atoms with Gasteiger partial charge in [0.25, 0.3) is 5.91 Å². The number of fused-ring (bicyclic) bond motifs is 1. The molecule has 0 radical (unpaired) electrons. The number of carbonyl (C=O) groups is 1. The predicted octanol–water partition coefficient (Wildman–Crippen LogP) is 6.82. The van der Waals surface area contributed by atoms with Crippen LogP contribution in [-0.2, 0) is 13.0 Å². The average molecular weight is 513 g/mol. The van der Waals surface area contributed by atoms with Crippen molar-refractivity contribution in [3.05, 3.63) is 65.5 Å². The van der Waals surface area contributed by atoms with Crippen molar-refractivity contribution >= 4 is 22.8 Å². The van der Waals surface area contributed by atoms with E-state index in [4.69, 9.17) is 14.5 Å². The van der Waals surface area contributed by atoms with E-state index < -0.39 is 0 Å². The van der Waals surface area contributed by atoms with E-state index >= 15 is 0 Å². The number of aromatic nitrogens is 3. The van der Waals surface area contributed by atoms with Crippen LogP contribution < -0.4 is 14.8 Å². The molecule has 1 saturated carbocycles. The number of hydrogen-bond donors (Lipinski definition) is 1. The van der Waals surface area contributed by atoms with Gasteiger partial charge in [0.2, 0.25) is 5.95 Å². The van der Waals surface area contributed by atoms with Crippen molar-refractivity contribution in [1.29, 1.82) is 0 Å². The third kappa shape index (κ3) is 5.10. The summed E-state index contributed by atoms with van der Waals surface area (Å²) in [6.45, 7) is 4.71. The van der Waals surface area contributed by atoms with Gasteiger partial charge in [-0.1, -0.05) is 50.3 Å². The van der Waals surface area contributed by atoms with Gasteiger partial charge in [-0.05, 0) is 61.6 Å². The van der Waals surface area contributed by atoms with Crippen LogP contribution in [0.4, 0.5) is 5.95 Å². The van der Waals surface area contributed by atoms with Crippen LogP contribution >= 0.6 is 0 Å². The molecule has 38 heavy (non-hydrogen) atoms. The van der Waals surface area contributed by atoms with Crippen molar-refractivity contribution in [3.63, 3.8) is 0 Å². The Bertz CT molecular complexity index is 1450. The molecule has 1 amide bonds. The van der Waals surface area contributed by atoms with Crippen LogP contribution in [0.1, 0.15) is 60.6 Å². The van der Waals surface area contributed by atoms with Crippen LogP contribution in [-0.4, -0.2) is 34.7 Å². The number of methoxy groups -OCH3 is 2. The number of rotatable bonds is 8. The van der Waals surface area contributed by atoms with E-state index in [1.54, 1.807) is 14.2 Å². The third-order valence-corrected chi connectivity index (χ3v) is 7.65. The molecule has 7 nitrogen and oxygen atoms in total. The number of nitrogens with one attached hydrogen (secondary N) is 1. The molecule has 2 aromatic heterocycles. The van der Waals surface area contributed by atoms with Crippen molar-refractivity contribution in [1.82, 2.24) is 14.5 Å². The highest BCUT2D eigenvalue weighted by atomic mass is 16.5. The Labute approximate surface area is 224 Å². The largest absolute Gasteiger partial charge is 0.496 e. The van der Waals surface area contributed by atoms with Gasteiger partial charge in [0.15, 0.2) is 0 Å². The second-order valence-electron chi connectivity index (χ2n) is 10.1. The summed E-state index contributed by atoms with van der Waals surface area (Å²) in [5, 5.41) is 3.99. The summed E-state index contributed by atoms with van der Waals surface area (Å²) in [7, 11) is 3.33. The highest BCUT2D eigenvalue weighted by Gasteiger charge is 2.22. The fourth-order valence-corrected chi connectivity index (χ4v) is 5.69. The van der Waals surface area contributed by atoms with E-state index in [1.807, 2.05) is 67.1 Å². The third-order valence-electron chi connectivity index (χ3n) is 7.65. The Balaban J connectivity index is 1.54. The lowest BCUT2D eigenvalue weighted by Gasteiger charge is -2.23. The number of carbonyl (C=O) groups excluding carboxylic acids is 1. The average Bonchev–Trinajstić information content (AvgIpc) is 3.33.